The van der Waals surface area contributed by atoms with E-state index in [2.05, 4.69) is 33.6 Å². The number of fused-ring (bicyclic) bond motifs is 1. The molecule has 52 heavy (non-hydrogen) atoms. The normalized spacial score (nSPS) is 18.0. The van der Waals surface area contributed by atoms with Crippen molar-refractivity contribution in [3.63, 3.8) is 0 Å². The standard InChI is InChI=1S/C44H36N3O4P/c1-50-41(48)39-40(42(49)51-2)52(37-29-17-7-18-30-37,38-31-19-8-20-32-38)46(36-27-15-6-16-28-36)43(45-35-25-13-5-14-26-35)47(52)44(39,33-21-9-3-10-22-33)34-23-11-4-12-24-34/h3-32H,1-2H3. The number of hydrogen-bond acceptors (Lipinski definition) is 5. The van der Waals surface area contributed by atoms with Gasteiger partial charge in [0.05, 0.1) is 0 Å². The third-order valence-electron chi connectivity index (χ3n) is 10.1. The molecule has 256 valence electrons. The molecule has 0 amide bonds. The van der Waals surface area contributed by atoms with Gasteiger partial charge in [0, 0.05) is 0 Å². The fourth-order valence-corrected chi connectivity index (χ4v) is 15.6. The third kappa shape index (κ3) is 4.20. The van der Waals surface area contributed by atoms with Gasteiger partial charge in [0.25, 0.3) is 0 Å². The Morgan fingerprint density at radius 1 is 0.538 bits per heavy atom. The number of carbonyl (C=O) groups excluding carboxylic acids is 2. The van der Waals surface area contributed by atoms with E-state index < -0.39 is 24.4 Å². The quantitative estimate of drug-likeness (QED) is 0.118. The van der Waals surface area contributed by atoms with Gasteiger partial charge in [-0.2, -0.15) is 0 Å². The van der Waals surface area contributed by atoms with Crippen LogP contribution in [0.5, 0.6) is 0 Å². The van der Waals surface area contributed by atoms with Crippen LogP contribution in [0, 0.1) is 0 Å². The number of hydrogen-bond donors (Lipinski definition) is 0. The molecule has 0 radical (unpaired) electrons. The van der Waals surface area contributed by atoms with Crippen LogP contribution in [0.2, 0.25) is 0 Å². The van der Waals surface area contributed by atoms with Crippen LogP contribution in [0.15, 0.2) is 198 Å². The summed E-state index contributed by atoms with van der Waals surface area (Å²) in [7, 11) is 2.73. The molecule has 1 fully saturated rings. The van der Waals surface area contributed by atoms with E-state index in [1.165, 1.54) is 14.2 Å². The van der Waals surface area contributed by atoms with Crippen molar-refractivity contribution in [2.75, 3.05) is 18.9 Å². The monoisotopic (exact) mass is 701 g/mol. The number of methoxy groups -OCH3 is 2. The van der Waals surface area contributed by atoms with E-state index in [1.807, 2.05) is 158 Å². The van der Waals surface area contributed by atoms with Gasteiger partial charge < -0.3 is 0 Å². The molecule has 0 unspecified atom stereocenters. The van der Waals surface area contributed by atoms with Gasteiger partial charge in [-0.1, -0.05) is 0 Å². The number of ether oxygens (including phenoxy) is 2. The van der Waals surface area contributed by atoms with E-state index in [-0.39, 0.29) is 10.9 Å². The Balaban J connectivity index is 1.73. The minimum atomic E-state index is -4.68. The van der Waals surface area contributed by atoms with Gasteiger partial charge in [0.1, 0.15) is 0 Å². The Morgan fingerprint density at radius 3 is 1.38 bits per heavy atom. The first-order valence-corrected chi connectivity index (χ1v) is 19.2. The van der Waals surface area contributed by atoms with E-state index in [0.717, 1.165) is 27.4 Å². The number of nitrogens with zero attached hydrogens (tertiary/aromatic N) is 3. The van der Waals surface area contributed by atoms with Gasteiger partial charge in [0.15, 0.2) is 0 Å². The average molecular weight is 702 g/mol. The van der Waals surface area contributed by atoms with Crippen LogP contribution in [-0.4, -0.2) is 36.8 Å². The second kappa shape index (κ2) is 12.8. The number of benzene rings is 6. The van der Waals surface area contributed by atoms with Crippen molar-refractivity contribution in [3.8, 4) is 0 Å². The second-order valence-corrected chi connectivity index (χ2v) is 16.9. The minimum absolute atomic E-state index is 0.170. The fourth-order valence-electron chi connectivity index (χ4n) is 8.31. The van der Waals surface area contributed by atoms with E-state index in [0.29, 0.717) is 11.6 Å². The number of para-hydroxylation sites is 2. The first-order valence-electron chi connectivity index (χ1n) is 17.0. The molecular weight excluding hydrogens is 665 g/mol. The van der Waals surface area contributed by atoms with Crippen LogP contribution >= 0.6 is 6.90 Å². The average Bonchev–Trinajstić information content (AvgIpc) is 3.44. The molecule has 1 saturated heterocycles. The Hall–Kier alpha value is -6.30. The Morgan fingerprint density at radius 2 is 0.942 bits per heavy atom. The van der Waals surface area contributed by atoms with Gasteiger partial charge in [-0.25, -0.2) is 0 Å². The predicted octanol–water partition coefficient (Wildman–Crippen LogP) is 8.09. The van der Waals surface area contributed by atoms with Crippen molar-refractivity contribution >= 4 is 46.8 Å². The summed E-state index contributed by atoms with van der Waals surface area (Å²) in [6.07, 6.45) is 0. The number of carbonyl (C=O) groups is 2. The summed E-state index contributed by atoms with van der Waals surface area (Å²) in [5.74, 6) is -0.731. The van der Waals surface area contributed by atoms with Gasteiger partial charge in [-0.05, 0) is 0 Å². The molecule has 0 saturated carbocycles. The third-order valence-corrected chi connectivity index (χ3v) is 16.4. The van der Waals surface area contributed by atoms with Crippen LogP contribution in [0.25, 0.3) is 0 Å². The van der Waals surface area contributed by atoms with Crippen molar-refractivity contribution in [1.82, 2.24) is 4.67 Å². The summed E-state index contributed by atoms with van der Waals surface area (Å²) in [6.45, 7) is -4.68. The summed E-state index contributed by atoms with van der Waals surface area (Å²) in [5, 5.41) is 1.87. The van der Waals surface area contributed by atoms with Crippen molar-refractivity contribution in [2.24, 2.45) is 4.99 Å². The zero-order valence-electron chi connectivity index (χ0n) is 28.7. The number of aliphatic imine (C=N–C) groups is 1. The molecule has 8 heteroatoms. The molecule has 0 bridgehead atoms. The molecule has 6 aromatic carbocycles. The second-order valence-electron chi connectivity index (χ2n) is 12.6. The van der Waals surface area contributed by atoms with Gasteiger partial charge in [-0.15, -0.1) is 0 Å². The molecule has 0 aliphatic carbocycles. The summed E-state index contributed by atoms with van der Waals surface area (Å²) in [6, 6.07) is 59.5. The van der Waals surface area contributed by atoms with Crippen LogP contribution in [0.3, 0.4) is 0 Å². The Labute approximate surface area is 303 Å². The van der Waals surface area contributed by atoms with Crippen LogP contribution in [0.4, 0.5) is 11.4 Å². The summed E-state index contributed by atoms with van der Waals surface area (Å²) >= 11 is 0. The van der Waals surface area contributed by atoms with Gasteiger partial charge >= 0.3 is 304 Å². The van der Waals surface area contributed by atoms with E-state index in [1.54, 1.807) is 0 Å². The molecular formula is C44H36N3O4P. The Kier molecular flexibility index (Phi) is 8.09. The van der Waals surface area contributed by atoms with Crippen molar-refractivity contribution in [3.05, 3.63) is 204 Å². The summed E-state index contributed by atoms with van der Waals surface area (Å²) in [4.78, 5) is 35.7. The summed E-state index contributed by atoms with van der Waals surface area (Å²) in [5.41, 5.74) is 1.74. The first-order chi connectivity index (χ1) is 25.5. The van der Waals surface area contributed by atoms with E-state index >= 15 is 9.59 Å². The van der Waals surface area contributed by atoms with E-state index in [4.69, 9.17) is 14.5 Å². The zero-order valence-corrected chi connectivity index (χ0v) is 29.6. The molecule has 8 rings (SSSR count). The van der Waals surface area contributed by atoms with Crippen molar-refractivity contribution < 1.29 is 19.1 Å². The molecule has 0 aromatic heterocycles. The van der Waals surface area contributed by atoms with Crippen molar-refractivity contribution in [1.29, 1.82) is 0 Å². The van der Waals surface area contributed by atoms with E-state index in [9.17, 15) is 0 Å². The zero-order chi connectivity index (χ0) is 35.8. The number of esters is 2. The first kappa shape index (κ1) is 32.9. The molecule has 0 spiro atoms. The topological polar surface area (TPSA) is 71.4 Å². The van der Waals surface area contributed by atoms with Crippen LogP contribution < -0.4 is 15.3 Å². The van der Waals surface area contributed by atoms with Crippen molar-refractivity contribution in [2.45, 2.75) is 5.54 Å². The van der Waals surface area contributed by atoms with Gasteiger partial charge in [-0.3, -0.25) is 0 Å². The number of guanidine groups is 1. The molecule has 6 aromatic rings. The Bertz CT molecular complexity index is 2240. The molecule has 7 nitrogen and oxygen atoms in total. The fraction of sp³-hybridized carbons (Fsp3) is 0.0682. The predicted molar refractivity (Wildman–Crippen MR) is 208 cm³/mol. The maximum atomic E-state index is 15.2. The molecule has 0 atom stereocenters. The summed E-state index contributed by atoms with van der Waals surface area (Å²) < 4.78 is 16.1. The molecule has 0 N–H and O–H groups in total. The van der Waals surface area contributed by atoms with Crippen LogP contribution in [0.1, 0.15) is 11.1 Å². The SMILES string of the molecule is COC(=O)C1=C(C(=O)OC)P2(c3ccccc3)(c3ccccc3)N(c3ccccc3)C(=Nc3ccccc3)N2C1(c1ccccc1)c1ccccc1. The number of rotatable bonds is 8. The molecule has 2 aliphatic rings. The molecule has 2 heterocycles. The molecule has 2 aliphatic heterocycles. The van der Waals surface area contributed by atoms with Gasteiger partial charge in [0.2, 0.25) is 0 Å². The number of anilines is 1. The van der Waals surface area contributed by atoms with Crippen LogP contribution in [-0.2, 0) is 24.6 Å². The maximum absolute atomic E-state index is 15.2.